The van der Waals surface area contributed by atoms with Gasteiger partial charge in [-0.2, -0.15) is 0 Å². The summed E-state index contributed by atoms with van der Waals surface area (Å²) in [5.41, 5.74) is 2.75. The van der Waals surface area contributed by atoms with Crippen LogP contribution in [0, 0.1) is 0 Å². The number of carbonyl (C=O) groups excluding carboxylic acids is 4. The largest absolute Gasteiger partial charge is 0.508 e. The van der Waals surface area contributed by atoms with Crippen LogP contribution in [0.4, 0.5) is 0 Å². The average molecular weight is 1380 g/mol. The van der Waals surface area contributed by atoms with E-state index < -0.39 is 17.8 Å². The molecule has 2 aliphatic heterocycles. The van der Waals surface area contributed by atoms with Gasteiger partial charge in [0.25, 0.3) is 11.8 Å². The second-order valence-electron chi connectivity index (χ2n) is 22.9. The maximum atomic E-state index is 13.1. The van der Waals surface area contributed by atoms with Crippen LogP contribution in [-0.2, 0) is 28.5 Å². The Balaban J connectivity index is 0.000000273. The van der Waals surface area contributed by atoms with Crippen LogP contribution in [0.2, 0.25) is 0 Å². The number of phenols is 2. The molecule has 8 N–H and O–H groups in total. The summed E-state index contributed by atoms with van der Waals surface area (Å²) in [6, 6.07) is 26.1. The Morgan fingerprint density at radius 3 is 1.30 bits per heavy atom. The highest BCUT2D eigenvalue weighted by Gasteiger charge is 2.26. The number of carboxylic acids is 2. The smallest absolute Gasteiger partial charge is 0.336 e. The van der Waals surface area contributed by atoms with Crippen LogP contribution in [-0.4, -0.2) is 147 Å². The summed E-state index contributed by atoms with van der Waals surface area (Å²) >= 11 is 11.3. The molecule has 4 aromatic rings. The molecule has 24 heteroatoms. The zero-order valence-electron chi connectivity index (χ0n) is 54.2. The molecule has 2 heterocycles. The summed E-state index contributed by atoms with van der Waals surface area (Å²) < 4.78 is 33.7. The predicted molar refractivity (Wildman–Crippen MR) is 371 cm³/mol. The number of amides is 4. The molecule has 0 aromatic heterocycles. The molecule has 0 saturated carbocycles. The van der Waals surface area contributed by atoms with E-state index in [2.05, 4.69) is 21.3 Å². The Morgan fingerprint density at radius 1 is 0.381 bits per heavy atom. The highest BCUT2D eigenvalue weighted by Crippen LogP contribution is 2.44. The molecule has 0 radical (unpaired) electrons. The number of alkyl halides is 2. The van der Waals surface area contributed by atoms with Crippen molar-refractivity contribution in [3.8, 4) is 56.4 Å². The van der Waals surface area contributed by atoms with Crippen LogP contribution in [0.15, 0.2) is 128 Å². The van der Waals surface area contributed by atoms with Crippen molar-refractivity contribution in [1.82, 2.24) is 21.3 Å². The van der Waals surface area contributed by atoms with Crippen molar-refractivity contribution in [3.05, 3.63) is 152 Å². The van der Waals surface area contributed by atoms with Crippen molar-refractivity contribution < 1.29 is 77.0 Å². The first-order valence-corrected chi connectivity index (χ1v) is 33.8. The van der Waals surface area contributed by atoms with Crippen LogP contribution < -0.4 is 32.1 Å². The van der Waals surface area contributed by atoms with Gasteiger partial charge in [0.1, 0.15) is 34.2 Å². The van der Waals surface area contributed by atoms with Gasteiger partial charge in [-0.15, -0.1) is 23.2 Å². The molecule has 0 spiro atoms. The minimum atomic E-state index is -1.24. The third-order valence-corrected chi connectivity index (χ3v) is 16.2. The maximum absolute atomic E-state index is 13.1. The second-order valence-corrected chi connectivity index (χ2v) is 23.7. The van der Waals surface area contributed by atoms with Gasteiger partial charge in [0.15, 0.2) is 10.9 Å². The third kappa shape index (κ3) is 24.0. The van der Waals surface area contributed by atoms with Crippen molar-refractivity contribution in [1.29, 1.82) is 0 Å². The van der Waals surface area contributed by atoms with Gasteiger partial charge in [-0.1, -0.05) is 38.2 Å². The number of ether oxygens (including phenoxy) is 4. The molecule has 4 aromatic carbocycles. The second kappa shape index (κ2) is 40.6. The molecular weight excluding hydrogens is 1290 g/mol. The highest BCUT2D eigenvalue weighted by atomic mass is 35.5. The summed E-state index contributed by atoms with van der Waals surface area (Å²) in [5.74, 6) is -1.67. The van der Waals surface area contributed by atoms with E-state index in [4.69, 9.17) is 51.0 Å². The zero-order valence-corrected chi connectivity index (χ0v) is 55.7. The molecule has 97 heavy (non-hydrogen) atoms. The number of nitrogens with one attached hydrogen (secondary N) is 4. The first kappa shape index (κ1) is 75.5. The quantitative estimate of drug-likeness (QED) is 0.0100. The third-order valence-electron chi connectivity index (χ3n) is 15.6. The Kier molecular flexibility index (Phi) is 31.6. The first-order valence-electron chi connectivity index (χ1n) is 32.7. The van der Waals surface area contributed by atoms with E-state index in [0.717, 1.165) is 57.8 Å². The Labute approximate surface area is 571 Å². The van der Waals surface area contributed by atoms with Crippen LogP contribution in [0.1, 0.15) is 138 Å². The normalized spacial score (nSPS) is 11.2. The van der Waals surface area contributed by atoms with E-state index >= 15 is 0 Å². The fourth-order valence-corrected chi connectivity index (χ4v) is 11.1. The predicted octanol–water partition coefficient (Wildman–Crippen LogP) is 12.0. The molecule has 0 atom stereocenters. The molecule has 518 valence electrons. The number of unbranched alkanes of at least 4 members (excludes halogenated alkanes) is 9. The molecule has 0 fully saturated rings. The number of carboxylic acid groups (broad SMARTS) is 2. The Morgan fingerprint density at radius 2 is 0.804 bits per heavy atom. The summed E-state index contributed by atoms with van der Waals surface area (Å²) in [6.45, 7) is 5.77. The summed E-state index contributed by atoms with van der Waals surface area (Å²) in [6.07, 6.45) is 12.4. The van der Waals surface area contributed by atoms with E-state index in [1.54, 1.807) is 30.3 Å². The number of hydrogen-bond acceptors (Lipinski definition) is 16. The average Bonchev–Trinajstić information content (AvgIpc) is 0.757. The van der Waals surface area contributed by atoms with E-state index in [1.807, 2.05) is 0 Å². The van der Waals surface area contributed by atoms with Crippen LogP contribution >= 0.6 is 23.2 Å². The molecule has 4 amide bonds. The fourth-order valence-electron chi connectivity index (χ4n) is 10.7. The first-order chi connectivity index (χ1) is 47.1. The number of hydrogen-bond donors (Lipinski definition) is 8. The van der Waals surface area contributed by atoms with Crippen LogP contribution in [0.5, 0.6) is 11.5 Å². The molecule has 22 nitrogen and oxygen atoms in total. The van der Waals surface area contributed by atoms with Crippen LogP contribution in [0.25, 0.3) is 66.8 Å². The lowest BCUT2D eigenvalue weighted by Crippen LogP contribution is -2.28. The number of benzene rings is 6. The lowest BCUT2D eigenvalue weighted by atomic mass is 9.89. The maximum Gasteiger partial charge on any atom is 0.336 e. The van der Waals surface area contributed by atoms with Gasteiger partial charge in [-0.25, -0.2) is 9.59 Å². The molecular formula is C73H84Cl2N4O18. The number of fused-ring (bicyclic) bond motifs is 4. The number of halogens is 2. The summed E-state index contributed by atoms with van der Waals surface area (Å²) in [4.78, 5) is 99.1. The monoisotopic (exact) mass is 1370 g/mol. The summed E-state index contributed by atoms with van der Waals surface area (Å²) in [5, 5.41) is 52.5. The lowest BCUT2D eigenvalue weighted by molar-refractivity contribution is -0.122. The van der Waals surface area contributed by atoms with E-state index in [1.165, 1.54) is 78.9 Å². The van der Waals surface area contributed by atoms with Gasteiger partial charge in [0.2, 0.25) is 11.8 Å². The lowest BCUT2D eigenvalue weighted by Gasteiger charge is -2.17. The zero-order chi connectivity index (χ0) is 69.3. The van der Waals surface area contributed by atoms with Crippen molar-refractivity contribution in [2.75, 3.05) is 90.8 Å². The minimum Gasteiger partial charge on any atom is -0.508 e. The van der Waals surface area contributed by atoms with Gasteiger partial charge < -0.3 is 69.5 Å². The minimum absolute atomic E-state index is 0.0383. The van der Waals surface area contributed by atoms with Crippen LogP contribution in [0.3, 0.4) is 0 Å². The van der Waals surface area contributed by atoms with Crippen molar-refractivity contribution >= 4 is 80.7 Å². The van der Waals surface area contributed by atoms with Gasteiger partial charge in [0.05, 0.1) is 50.8 Å². The molecule has 2 aliphatic carbocycles. The summed E-state index contributed by atoms with van der Waals surface area (Å²) in [7, 11) is 0. The number of rotatable bonds is 41. The van der Waals surface area contributed by atoms with Gasteiger partial charge >= 0.3 is 11.9 Å². The van der Waals surface area contributed by atoms with E-state index in [0.29, 0.717) is 168 Å². The molecule has 0 unspecified atom stereocenters. The number of aromatic hydroxyl groups is 2. The highest BCUT2D eigenvalue weighted by molar-refractivity contribution is 6.18. The van der Waals surface area contributed by atoms with Crippen molar-refractivity contribution in [2.45, 2.75) is 96.3 Å². The molecule has 0 saturated heterocycles. The molecule has 8 rings (SSSR count). The van der Waals surface area contributed by atoms with Crippen molar-refractivity contribution in [2.24, 2.45) is 0 Å². The van der Waals surface area contributed by atoms with Gasteiger partial charge in [-0.05, 0) is 141 Å². The SMILES string of the molecule is O=C(CCCCCNC(=O)c1ccc(C(=O)O)c(-c2c3ccc(=O)cc-3oc3cc(O)ccc23)c1)NCCOCCOCCCCCCCl.O=C(CCCCNC(=O)c1ccc(-c2c3ccc(=O)cc-3oc3cc(O)ccc23)c(C(=O)O)c1)NCCOCCOCCCCCCCl. The Hall–Kier alpha value is -8.90. The number of phenolic OH excluding ortho intramolecular Hbond substituents is 2. The fraction of sp³-hybridized carbons (Fsp3) is 0.397. The van der Waals surface area contributed by atoms with Gasteiger partial charge in [0, 0.05) is 132 Å². The molecule has 4 aliphatic rings. The van der Waals surface area contributed by atoms with Crippen molar-refractivity contribution in [3.63, 3.8) is 0 Å². The number of carbonyl (C=O) groups is 6. The standard InChI is InChI=1S/C37H43ClN2O9.C36H41ClN2O9/c38-15-5-1-2-7-18-47-20-21-48-19-17-39-34(43)8-4-3-6-16-40-36(44)25-9-12-28(37(45)46)31(22-25)35-29-13-10-26(41)23-32(29)49-33-24-27(42)11-14-30(33)35;37-14-4-1-2-6-17-46-19-20-47-18-16-38-33(42)7-3-5-15-39-35(43)24-8-11-27(30(21-24)36(44)45)34-28-12-9-25(40)22-31(28)48-32-23-26(41)10-13-29(32)34/h9-14,22-24,41H,1-8,15-21H2,(H,39,43)(H,40,44)(H,45,46);8-13,21-23,40H,1-7,14-20H2,(H,38,42)(H,39,43)(H,44,45). The van der Waals surface area contributed by atoms with Gasteiger partial charge in [-0.3, -0.25) is 28.8 Å². The van der Waals surface area contributed by atoms with E-state index in [-0.39, 0.29) is 90.6 Å². The van der Waals surface area contributed by atoms with E-state index in [9.17, 15) is 58.8 Å². The molecule has 0 bridgehead atoms. The topological polar surface area (TPSA) is 329 Å². The Bertz CT molecular complexity index is 3970. The number of aromatic carboxylic acids is 2.